The summed E-state index contributed by atoms with van der Waals surface area (Å²) >= 11 is 0.677. The minimum Gasteiger partial charge on any atom is -0.330 e. The number of rotatable bonds is 8. The molecule has 0 spiro atoms. The van der Waals surface area contributed by atoms with Crippen LogP contribution in [0.1, 0.15) is 12.8 Å². The third-order valence-corrected chi connectivity index (χ3v) is 3.63. The quantitative estimate of drug-likeness (QED) is 0.348. The predicted octanol–water partition coefficient (Wildman–Crippen LogP) is 0.141. The molecule has 0 unspecified atom stereocenters. The number of hydrogen-bond donors (Lipinski definition) is 4. The maximum absolute atomic E-state index is 10.4. The number of hydrogen-bond acceptors (Lipinski definition) is 4. The molecule has 0 saturated heterocycles. The van der Waals surface area contributed by atoms with Gasteiger partial charge >= 0.3 is 6.80 Å². The first kappa shape index (κ1) is 13.4. The molecule has 0 aliphatic rings. The van der Waals surface area contributed by atoms with E-state index in [2.05, 4.69) is 5.32 Å². The second kappa shape index (κ2) is 7.79. The Hall–Kier alpha value is 0.420. The fraction of sp³-hybridized carbons (Fsp3) is 1.00. The molecule has 0 aliphatic heterocycles. The van der Waals surface area contributed by atoms with Gasteiger partial charge in [-0.05, 0) is 37.3 Å². The lowest BCUT2D eigenvalue weighted by atomic mass is 10.3. The van der Waals surface area contributed by atoms with Crippen LogP contribution in [-0.2, 0) is 4.57 Å². The third-order valence-electron chi connectivity index (χ3n) is 1.35. The van der Waals surface area contributed by atoms with Gasteiger partial charge in [-0.2, -0.15) is 0 Å². The zero-order valence-electron chi connectivity index (χ0n) is 7.48. The van der Waals surface area contributed by atoms with Crippen LogP contribution < -0.4 is 11.1 Å². The lowest BCUT2D eigenvalue weighted by Crippen LogP contribution is -2.19. The SMILES string of the molecule is NCCCCNCCSP(=O)(O)O. The number of nitrogens with one attached hydrogen (secondary N) is 1. The van der Waals surface area contributed by atoms with Crippen LogP contribution in [0.15, 0.2) is 0 Å². The Labute approximate surface area is 82.4 Å². The maximum Gasteiger partial charge on any atom is 0.384 e. The molecule has 0 aromatic rings. The van der Waals surface area contributed by atoms with Gasteiger partial charge in [0.1, 0.15) is 0 Å². The topological polar surface area (TPSA) is 95.6 Å². The fourth-order valence-electron chi connectivity index (χ4n) is 0.756. The van der Waals surface area contributed by atoms with Gasteiger partial charge in [0.25, 0.3) is 0 Å². The molecule has 0 radical (unpaired) electrons. The second-order valence-corrected chi connectivity index (χ2v) is 6.42. The smallest absolute Gasteiger partial charge is 0.330 e. The van der Waals surface area contributed by atoms with Crippen molar-refractivity contribution in [2.75, 3.05) is 25.4 Å². The number of unbranched alkanes of at least 4 members (excludes halogenated alkanes) is 1. The van der Waals surface area contributed by atoms with E-state index in [4.69, 9.17) is 15.5 Å². The minimum atomic E-state index is -3.87. The largest absolute Gasteiger partial charge is 0.384 e. The highest BCUT2D eigenvalue weighted by Crippen LogP contribution is 2.49. The third kappa shape index (κ3) is 12.4. The molecule has 13 heavy (non-hydrogen) atoms. The summed E-state index contributed by atoms with van der Waals surface area (Å²) in [5.41, 5.74) is 5.29. The summed E-state index contributed by atoms with van der Waals surface area (Å²) in [4.78, 5) is 17.0. The summed E-state index contributed by atoms with van der Waals surface area (Å²) < 4.78 is 10.4. The van der Waals surface area contributed by atoms with E-state index < -0.39 is 6.80 Å². The molecule has 5 nitrogen and oxygen atoms in total. The Morgan fingerprint density at radius 1 is 1.31 bits per heavy atom. The van der Waals surface area contributed by atoms with E-state index >= 15 is 0 Å². The van der Waals surface area contributed by atoms with Gasteiger partial charge in [-0.15, -0.1) is 0 Å². The van der Waals surface area contributed by atoms with Gasteiger partial charge in [0, 0.05) is 12.3 Å². The Kier molecular flexibility index (Phi) is 8.04. The molecule has 0 atom stereocenters. The van der Waals surface area contributed by atoms with Gasteiger partial charge in [0.15, 0.2) is 0 Å². The molecule has 80 valence electrons. The lowest BCUT2D eigenvalue weighted by molar-refractivity contribution is 0.397. The van der Waals surface area contributed by atoms with Gasteiger partial charge in [-0.1, -0.05) is 0 Å². The van der Waals surface area contributed by atoms with Crippen molar-refractivity contribution in [1.82, 2.24) is 5.32 Å². The standard InChI is InChI=1S/C6H17N2O3PS/c7-3-1-2-4-8-5-6-13-12(9,10)11/h8H,1-7H2,(H2,9,10,11). The zero-order chi connectivity index (χ0) is 10.2. The van der Waals surface area contributed by atoms with Crippen molar-refractivity contribution in [3.05, 3.63) is 0 Å². The number of nitrogens with two attached hydrogens (primary N) is 1. The van der Waals surface area contributed by atoms with Gasteiger partial charge in [0.05, 0.1) is 0 Å². The van der Waals surface area contributed by atoms with Crippen molar-refractivity contribution < 1.29 is 14.4 Å². The van der Waals surface area contributed by atoms with E-state index in [0.717, 1.165) is 19.4 Å². The zero-order valence-corrected chi connectivity index (χ0v) is 9.19. The van der Waals surface area contributed by atoms with Crippen LogP contribution in [0.3, 0.4) is 0 Å². The van der Waals surface area contributed by atoms with Crippen molar-refractivity contribution in [1.29, 1.82) is 0 Å². The first-order valence-corrected chi connectivity index (χ1v) is 7.37. The highest BCUT2D eigenvalue weighted by atomic mass is 32.7. The van der Waals surface area contributed by atoms with E-state index in [-0.39, 0.29) is 0 Å². The van der Waals surface area contributed by atoms with Crippen LogP contribution in [0.2, 0.25) is 0 Å². The molecule has 0 heterocycles. The first-order chi connectivity index (χ1) is 6.06. The molecule has 0 bridgehead atoms. The summed E-state index contributed by atoms with van der Waals surface area (Å²) in [6, 6.07) is 0. The normalized spacial score (nSPS) is 11.9. The van der Waals surface area contributed by atoms with Gasteiger partial charge in [0.2, 0.25) is 0 Å². The maximum atomic E-state index is 10.4. The molecule has 0 rings (SSSR count). The van der Waals surface area contributed by atoms with E-state index in [1.54, 1.807) is 0 Å². The average Bonchev–Trinajstić information content (AvgIpc) is 2.01. The first-order valence-electron chi connectivity index (χ1n) is 4.17. The van der Waals surface area contributed by atoms with Gasteiger partial charge in [-0.25, -0.2) is 4.57 Å². The molecule has 0 aliphatic carbocycles. The van der Waals surface area contributed by atoms with E-state index in [1.165, 1.54) is 0 Å². The highest BCUT2D eigenvalue weighted by molar-refractivity contribution is 8.54. The summed E-state index contributed by atoms with van der Waals surface area (Å²) in [6.07, 6.45) is 2.00. The van der Waals surface area contributed by atoms with Gasteiger partial charge in [-0.3, -0.25) is 0 Å². The molecule has 0 amide bonds. The van der Waals surface area contributed by atoms with E-state index in [1.807, 2.05) is 0 Å². The van der Waals surface area contributed by atoms with Crippen LogP contribution in [0.4, 0.5) is 0 Å². The van der Waals surface area contributed by atoms with Crippen molar-refractivity contribution in [2.45, 2.75) is 12.8 Å². The van der Waals surface area contributed by atoms with Crippen molar-refractivity contribution in [2.24, 2.45) is 5.73 Å². The van der Waals surface area contributed by atoms with Crippen molar-refractivity contribution in [3.63, 3.8) is 0 Å². The fourth-order valence-corrected chi connectivity index (χ4v) is 2.22. The van der Waals surface area contributed by atoms with Crippen LogP contribution in [-0.4, -0.2) is 35.2 Å². The Balaban J connectivity index is 3.04. The van der Waals surface area contributed by atoms with Crippen molar-refractivity contribution in [3.8, 4) is 0 Å². The molecule has 7 heteroatoms. The monoisotopic (exact) mass is 228 g/mol. The summed E-state index contributed by atoms with van der Waals surface area (Å²) in [5.74, 6) is 0.437. The molecular weight excluding hydrogens is 211 g/mol. The Bertz CT molecular complexity index is 164. The van der Waals surface area contributed by atoms with E-state index in [0.29, 0.717) is 30.2 Å². The lowest BCUT2D eigenvalue weighted by Gasteiger charge is -2.04. The highest BCUT2D eigenvalue weighted by Gasteiger charge is 2.11. The van der Waals surface area contributed by atoms with Crippen LogP contribution in [0, 0.1) is 0 Å². The minimum absolute atomic E-state index is 0.437. The average molecular weight is 228 g/mol. The van der Waals surface area contributed by atoms with Crippen LogP contribution in [0.5, 0.6) is 0 Å². The molecule has 0 aromatic carbocycles. The van der Waals surface area contributed by atoms with Crippen LogP contribution in [0.25, 0.3) is 0 Å². The molecule has 0 saturated carbocycles. The Morgan fingerprint density at radius 3 is 2.54 bits per heavy atom. The second-order valence-electron chi connectivity index (χ2n) is 2.57. The molecule has 0 aromatic heterocycles. The predicted molar refractivity (Wildman–Crippen MR) is 55.7 cm³/mol. The van der Waals surface area contributed by atoms with Gasteiger partial charge < -0.3 is 20.8 Å². The summed E-state index contributed by atoms with van der Waals surface area (Å²) in [6.45, 7) is -1.69. The Morgan fingerprint density at radius 2 is 2.00 bits per heavy atom. The molecule has 0 fully saturated rings. The van der Waals surface area contributed by atoms with Crippen LogP contribution >= 0.6 is 18.2 Å². The van der Waals surface area contributed by atoms with E-state index in [9.17, 15) is 4.57 Å². The summed E-state index contributed by atoms with van der Waals surface area (Å²) in [5, 5.41) is 3.07. The molecular formula is C6H17N2O3PS. The van der Waals surface area contributed by atoms with Crippen molar-refractivity contribution >= 4 is 18.2 Å². The summed E-state index contributed by atoms with van der Waals surface area (Å²) in [7, 11) is 0. The molecule has 5 N–H and O–H groups in total.